The Morgan fingerprint density at radius 3 is 2.21 bits per heavy atom. The van der Waals surface area contributed by atoms with E-state index in [4.69, 9.17) is 0 Å². The largest absolute Gasteiger partial charge is 0.377 e. The Bertz CT molecular complexity index is 635. The summed E-state index contributed by atoms with van der Waals surface area (Å²) >= 11 is 0. The van der Waals surface area contributed by atoms with E-state index in [0.29, 0.717) is 6.04 Å². The summed E-state index contributed by atoms with van der Waals surface area (Å²) in [7, 11) is 8.49. The van der Waals surface area contributed by atoms with Gasteiger partial charge in [0.15, 0.2) is 0 Å². The molecule has 0 amide bonds. The third kappa shape index (κ3) is 4.59. The molecule has 0 fully saturated rings. The predicted molar refractivity (Wildman–Crippen MR) is 105 cm³/mol. The maximum Gasteiger partial charge on any atom is 0.0477 e. The summed E-state index contributed by atoms with van der Waals surface area (Å²) < 4.78 is 0. The minimum absolute atomic E-state index is 0.289. The van der Waals surface area contributed by atoms with Crippen LogP contribution in [0.1, 0.15) is 29.7 Å². The average Bonchev–Trinajstić information content (AvgIpc) is 2.56. The van der Waals surface area contributed by atoms with E-state index in [1.165, 1.54) is 22.4 Å². The van der Waals surface area contributed by atoms with Crippen LogP contribution in [0.5, 0.6) is 0 Å². The van der Waals surface area contributed by atoms with E-state index in [1.807, 2.05) is 0 Å². The van der Waals surface area contributed by atoms with Crippen LogP contribution in [0.15, 0.2) is 48.5 Å². The monoisotopic (exact) mass is 325 g/mol. The normalized spacial score (nSPS) is 13.8. The molecule has 0 saturated carbocycles. The molecule has 0 saturated heterocycles. The first-order valence-electron chi connectivity index (χ1n) is 8.61. The fourth-order valence-electron chi connectivity index (χ4n) is 2.99. The minimum Gasteiger partial charge on any atom is -0.377 e. The molecule has 2 aromatic rings. The Kier molecular flexibility index (Phi) is 6.41. The van der Waals surface area contributed by atoms with Gasteiger partial charge in [0.2, 0.25) is 0 Å². The first kappa shape index (κ1) is 18.5. The van der Waals surface area contributed by atoms with Crippen molar-refractivity contribution >= 4 is 5.69 Å². The quantitative estimate of drug-likeness (QED) is 0.834. The Balaban J connectivity index is 2.23. The summed E-state index contributed by atoms with van der Waals surface area (Å²) in [4.78, 5) is 4.46. The predicted octanol–water partition coefficient (Wildman–Crippen LogP) is 3.84. The first-order valence-corrected chi connectivity index (χ1v) is 8.61. The molecule has 1 N–H and O–H groups in total. The highest BCUT2D eigenvalue weighted by Gasteiger charge is 2.21. The van der Waals surface area contributed by atoms with Gasteiger partial charge in [-0.1, -0.05) is 42.5 Å². The fourth-order valence-corrected chi connectivity index (χ4v) is 2.99. The maximum atomic E-state index is 3.78. The number of hydrogen-bond acceptors (Lipinski definition) is 3. The summed E-state index contributed by atoms with van der Waals surface area (Å²) in [5.41, 5.74) is 5.24. The molecule has 0 heterocycles. The second-order valence-electron chi connectivity index (χ2n) is 7.00. The van der Waals surface area contributed by atoms with Crippen LogP contribution < -0.4 is 10.2 Å². The number of benzene rings is 2. The van der Waals surface area contributed by atoms with Crippen LogP contribution in [0, 0.1) is 6.92 Å². The van der Waals surface area contributed by atoms with E-state index in [-0.39, 0.29) is 6.04 Å². The third-order valence-electron chi connectivity index (χ3n) is 4.69. The van der Waals surface area contributed by atoms with Gasteiger partial charge >= 0.3 is 0 Å². The highest BCUT2D eigenvalue weighted by Crippen LogP contribution is 2.24. The topological polar surface area (TPSA) is 18.5 Å². The van der Waals surface area contributed by atoms with Crippen LogP contribution >= 0.6 is 0 Å². The second-order valence-corrected chi connectivity index (χ2v) is 7.00. The van der Waals surface area contributed by atoms with E-state index in [9.17, 15) is 0 Å². The lowest BCUT2D eigenvalue weighted by Gasteiger charge is -2.31. The molecule has 2 aromatic carbocycles. The number of nitrogens with zero attached hydrogens (tertiary/aromatic N) is 2. The first-order chi connectivity index (χ1) is 11.4. The van der Waals surface area contributed by atoms with Crippen molar-refractivity contribution in [2.24, 2.45) is 0 Å². The molecule has 0 radical (unpaired) electrons. The molecule has 0 unspecified atom stereocenters. The fraction of sp³-hybridized carbons (Fsp3) is 0.429. The van der Waals surface area contributed by atoms with E-state index < -0.39 is 0 Å². The zero-order valence-electron chi connectivity index (χ0n) is 15.9. The van der Waals surface area contributed by atoms with Crippen molar-refractivity contribution in [1.29, 1.82) is 0 Å². The van der Waals surface area contributed by atoms with Gasteiger partial charge in [-0.25, -0.2) is 0 Å². The van der Waals surface area contributed by atoms with Gasteiger partial charge in [-0.05, 0) is 50.7 Å². The van der Waals surface area contributed by atoms with Crippen LogP contribution in [0.2, 0.25) is 0 Å². The van der Waals surface area contributed by atoms with Crippen molar-refractivity contribution in [3.8, 4) is 0 Å². The third-order valence-corrected chi connectivity index (χ3v) is 4.69. The lowest BCUT2D eigenvalue weighted by atomic mass is 9.99. The minimum atomic E-state index is 0.289. The van der Waals surface area contributed by atoms with Gasteiger partial charge in [-0.15, -0.1) is 0 Å². The van der Waals surface area contributed by atoms with Crippen LogP contribution in [-0.2, 0) is 6.54 Å². The maximum absolute atomic E-state index is 3.78. The van der Waals surface area contributed by atoms with Crippen molar-refractivity contribution < 1.29 is 0 Å². The number of likely N-dealkylation sites (N-methyl/N-ethyl adjacent to an activating group) is 1. The second kappa shape index (κ2) is 8.32. The summed E-state index contributed by atoms with van der Waals surface area (Å²) in [6.45, 7) is 5.27. The smallest absolute Gasteiger partial charge is 0.0477 e. The van der Waals surface area contributed by atoms with Crippen LogP contribution in [-0.4, -0.2) is 39.1 Å². The van der Waals surface area contributed by atoms with Crippen molar-refractivity contribution in [3.05, 3.63) is 65.2 Å². The van der Waals surface area contributed by atoms with Gasteiger partial charge in [0, 0.05) is 38.4 Å². The van der Waals surface area contributed by atoms with Gasteiger partial charge in [0.1, 0.15) is 0 Å². The molecule has 3 heteroatoms. The molecule has 0 aliphatic rings. The number of rotatable bonds is 7. The number of hydrogen-bond donors (Lipinski definition) is 1. The van der Waals surface area contributed by atoms with Crippen molar-refractivity contribution in [2.45, 2.75) is 32.5 Å². The van der Waals surface area contributed by atoms with Crippen LogP contribution in [0.25, 0.3) is 0 Å². The summed E-state index contributed by atoms with van der Waals surface area (Å²) in [6, 6.07) is 18.1. The highest BCUT2D eigenvalue weighted by atomic mass is 15.1. The number of nitrogens with one attached hydrogen (secondary N) is 1. The van der Waals surface area contributed by atoms with E-state index in [0.717, 1.165) is 6.54 Å². The van der Waals surface area contributed by atoms with E-state index in [2.05, 4.69) is 106 Å². The standard InChI is InChI=1S/C21H31N3/c1-16-12-13-19(20(14-16)24(5)6)15-22-21(17(2)23(3)4)18-10-8-7-9-11-18/h7-14,17,21-22H,15H2,1-6H3/t17-,21+/m1/s1. The Morgan fingerprint density at radius 2 is 1.62 bits per heavy atom. The molecule has 3 nitrogen and oxygen atoms in total. The van der Waals surface area contributed by atoms with E-state index in [1.54, 1.807) is 0 Å². The molecule has 130 valence electrons. The Morgan fingerprint density at radius 1 is 0.958 bits per heavy atom. The van der Waals surface area contributed by atoms with Crippen LogP contribution in [0.3, 0.4) is 0 Å². The zero-order chi connectivity index (χ0) is 17.7. The lowest BCUT2D eigenvalue weighted by Crippen LogP contribution is -2.39. The molecule has 2 atom stereocenters. The Labute approximate surface area is 147 Å². The molecule has 0 spiro atoms. The summed E-state index contributed by atoms with van der Waals surface area (Å²) in [5, 5.41) is 3.78. The lowest BCUT2D eigenvalue weighted by molar-refractivity contribution is 0.245. The molecular weight excluding hydrogens is 294 g/mol. The molecule has 2 rings (SSSR count). The zero-order valence-corrected chi connectivity index (χ0v) is 15.9. The molecule has 0 aliphatic carbocycles. The van der Waals surface area contributed by atoms with Crippen molar-refractivity contribution in [3.63, 3.8) is 0 Å². The molecule has 0 bridgehead atoms. The molecule has 0 aromatic heterocycles. The Hall–Kier alpha value is -1.84. The van der Waals surface area contributed by atoms with Crippen molar-refractivity contribution in [2.75, 3.05) is 33.1 Å². The van der Waals surface area contributed by atoms with E-state index >= 15 is 0 Å². The number of anilines is 1. The van der Waals surface area contributed by atoms with Gasteiger partial charge in [0.25, 0.3) is 0 Å². The highest BCUT2D eigenvalue weighted by molar-refractivity contribution is 5.54. The van der Waals surface area contributed by atoms with Crippen LogP contribution in [0.4, 0.5) is 5.69 Å². The molecule has 24 heavy (non-hydrogen) atoms. The summed E-state index contributed by atoms with van der Waals surface area (Å²) in [6.07, 6.45) is 0. The van der Waals surface area contributed by atoms with Crippen molar-refractivity contribution in [1.82, 2.24) is 10.2 Å². The number of aryl methyl sites for hydroxylation is 1. The van der Waals surface area contributed by atoms with Gasteiger partial charge in [0.05, 0.1) is 0 Å². The molecule has 0 aliphatic heterocycles. The van der Waals surface area contributed by atoms with Gasteiger partial charge < -0.3 is 15.1 Å². The summed E-state index contributed by atoms with van der Waals surface area (Å²) in [5.74, 6) is 0. The molecular formula is C21H31N3. The SMILES string of the molecule is Cc1ccc(CN[C@H](c2ccccc2)[C@@H](C)N(C)C)c(N(C)C)c1. The average molecular weight is 326 g/mol. The van der Waals surface area contributed by atoms with Gasteiger partial charge in [-0.3, -0.25) is 0 Å². The van der Waals surface area contributed by atoms with Gasteiger partial charge in [-0.2, -0.15) is 0 Å².